The highest BCUT2D eigenvalue weighted by Gasteiger charge is 2.30. The first-order chi connectivity index (χ1) is 8.06. The number of likely N-dealkylation sites (N-methyl/N-ethyl adjacent to an activating group) is 1. The van der Waals surface area contributed by atoms with E-state index in [2.05, 4.69) is 50.1 Å². The SMILES string of the molecule is C.CCC1C(C)=C(c2ccc(Cl)cc2)N(C)N1C.[I-]. The van der Waals surface area contributed by atoms with Crippen LogP contribution in [-0.4, -0.2) is 30.2 Å². The molecule has 1 unspecified atom stereocenters. The van der Waals surface area contributed by atoms with Gasteiger partial charge in [0.05, 0.1) is 11.7 Å². The zero-order valence-corrected chi connectivity index (χ0v) is 14.2. The standard InChI is InChI=1S/C14H19ClN2.CH4.HI/c1-5-13-10(2)14(17(4)16(13)3)11-6-8-12(15)9-7-11;;/h6-9,13H,5H2,1-4H3;1H4;1H/p-1. The lowest BCUT2D eigenvalue weighted by molar-refractivity contribution is -0.00000395. The Bertz CT molecular complexity index is 442. The number of rotatable bonds is 2. The smallest absolute Gasteiger partial charge is 0.0596 e. The summed E-state index contributed by atoms with van der Waals surface area (Å²) in [6.07, 6.45) is 1.13. The second-order valence-corrected chi connectivity index (χ2v) is 5.00. The molecule has 1 aliphatic heterocycles. The average molecular weight is 394 g/mol. The van der Waals surface area contributed by atoms with E-state index in [0.717, 1.165) is 11.4 Å². The number of benzene rings is 1. The van der Waals surface area contributed by atoms with Crippen LogP contribution in [0.4, 0.5) is 0 Å². The van der Waals surface area contributed by atoms with Crippen molar-refractivity contribution < 1.29 is 24.0 Å². The summed E-state index contributed by atoms with van der Waals surface area (Å²) in [4.78, 5) is 0. The van der Waals surface area contributed by atoms with E-state index in [0.29, 0.717) is 6.04 Å². The molecule has 2 rings (SSSR count). The molecule has 0 fully saturated rings. The highest BCUT2D eigenvalue weighted by molar-refractivity contribution is 6.30. The lowest BCUT2D eigenvalue weighted by Gasteiger charge is -2.28. The van der Waals surface area contributed by atoms with E-state index in [-0.39, 0.29) is 31.4 Å². The van der Waals surface area contributed by atoms with Gasteiger partial charge < -0.3 is 29.0 Å². The van der Waals surface area contributed by atoms with E-state index in [1.54, 1.807) is 0 Å². The van der Waals surface area contributed by atoms with Crippen LogP contribution in [0.1, 0.15) is 33.3 Å². The van der Waals surface area contributed by atoms with Crippen LogP contribution in [-0.2, 0) is 0 Å². The lowest BCUT2D eigenvalue weighted by atomic mass is 10.0. The molecule has 0 radical (unpaired) electrons. The summed E-state index contributed by atoms with van der Waals surface area (Å²) in [5.41, 5.74) is 3.97. The van der Waals surface area contributed by atoms with E-state index >= 15 is 0 Å². The van der Waals surface area contributed by atoms with Crippen molar-refractivity contribution in [1.29, 1.82) is 0 Å². The fourth-order valence-corrected chi connectivity index (χ4v) is 2.78. The summed E-state index contributed by atoms with van der Waals surface area (Å²) in [6, 6.07) is 8.58. The van der Waals surface area contributed by atoms with Crippen molar-refractivity contribution >= 4 is 17.3 Å². The molecule has 0 saturated heterocycles. The highest BCUT2D eigenvalue weighted by atomic mass is 127. The molecule has 0 amide bonds. The molecule has 1 aromatic carbocycles. The summed E-state index contributed by atoms with van der Waals surface area (Å²) in [5.74, 6) is 0. The van der Waals surface area contributed by atoms with Crippen molar-refractivity contribution in [2.45, 2.75) is 33.7 Å². The maximum absolute atomic E-state index is 5.94. The van der Waals surface area contributed by atoms with E-state index in [1.807, 2.05) is 12.1 Å². The Morgan fingerprint density at radius 1 is 1.16 bits per heavy atom. The summed E-state index contributed by atoms with van der Waals surface area (Å²) in [7, 11) is 4.25. The van der Waals surface area contributed by atoms with Gasteiger partial charge in [-0.25, -0.2) is 5.01 Å². The van der Waals surface area contributed by atoms with E-state index in [9.17, 15) is 0 Å². The molecule has 1 heterocycles. The second-order valence-electron chi connectivity index (χ2n) is 4.56. The molecule has 4 heteroatoms. The number of halogens is 2. The maximum atomic E-state index is 5.94. The second kappa shape index (κ2) is 7.50. The molecular weight excluding hydrogens is 371 g/mol. The number of hydrazine groups is 1. The Morgan fingerprint density at radius 2 is 1.68 bits per heavy atom. The fourth-order valence-electron chi connectivity index (χ4n) is 2.65. The first kappa shape index (κ1) is 18.7. The van der Waals surface area contributed by atoms with Gasteiger partial charge in [0.2, 0.25) is 0 Å². The highest BCUT2D eigenvalue weighted by Crippen LogP contribution is 2.34. The van der Waals surface area contributed by atoms with Gasteiger partial charge in [-0.2, -0.15) is 0 Å². The van der Waals surface area contributed by atoms with Gasteiger partial charge >= 0.3 is 0 Å². The summed E-state index contributed by atoms with van der Waals surface area (Å²) in [6.45, 7) is 4.45. The van der Waals surface area contributed by atoms with Crippen molar-refractivity contribution in [1.82, 2.24) is 10.0 Å². The van der Waals surface area contributed by atoms with Gasteiger partial charge in [-0.15, -0.1) is 0 Å². The van der Waals surface area contributed by atoms with Crippen LogP contribution in [0.15, 0.2) is 29.8 Å². The topological polar surface area (TPSA) is 6.48 Å². The van der Waals surface area contributed by atoms with Crippen LogP contribution in [0.5, 0.6) is 0 Å². The van der Waals surface area contributed by atoms with Gasteiger partial charge in [-0.3, -0.25) is 0 Å². The van der Waals surface area contributed by atoms with Crippen molar-refractivity contribution in [2.24, 2.45) is 0 Å². The third kappa shape index (κ3) is 3.44. The van der Waals surface area contributed by atoms with Gasteiger partial charge in [0.15, 0.2) is 0 Å². The molecule has 0 aromatic heterocycles. The molecule has 0 spiro atoms. The minimum atomic E-state index is 0. The predicted molar refractivity (Wildman–Crippen MR) is 80.4 cm³/mol. The lowest BCUT2D eigenvalue weighted by Crippen LogP contribution is -3.00. The molecule has 2 nitrogen and oxygen atoms in total. The van der Waals surface area contributed by atoms with Gasteiger partial charge in [-0.1, -0.05) is 38.1 Å². The molecule has 1 aromatic rings. The van der Waals surface area contributed by atoms with Gasteiger partial charge in [0.25, 0.3) is 0 Å². The van der Waals surface area contributed by atoms with Crippen LogP contribution in [0.3, 0.4) is 0 Å². The fraction of sp³-hybridized carbons (Fsp3) is 0.467. The molecule has 0 bridgehead atoms. The van der Waals surface area contributed by atoms with E-state index in [1.165, 1.54) is 16.8 Å². The van der Waals surface area contributed by atoms with E-state index < -0.39 is 0 Å². The zero-order valence-electron chi connectivity index (χ0n) is 11.2. The van der Waals surface area contributed by atoms with Gasteiger partial charge in [0, 0.05) is 19.1 Å². The van der Waals surface area contributed by atoms with Crippen LogP contribution < -0.4 is 24.0 Å². The van der Waals surface area contributed by atoms with Crippen LogP contribution in [0.25, 0.3) is 5.70 Å². The monoisotopic (exact) mass is 393 g/mol. The third-order valence-corrected chi connectivity index (χ3v) is 3.88. The van der Waals surface area contributed by atoms with Crippen molar-refractivity contribution in [2.75, 3.05) is 14.1 Å². The molecular formula is C15H23ClIN2-. The predicted octanol–water partition coefficient (Wildman–Crippen LogP) is 1.28. The third-order valence-electron chi connectivity index (χ3n) is 3.63. The van der Waals surface area contributed by atoms with Crippen LogP contribution >= 0.6 is 11.6 Å². The summed E-state index contributed by atoms with van der Waals surface area (Å²) in [5, 5.41) is 5.31. The van der Waals surface area contributed by atoms with Crippen molar-refractivity contribution in [3.63, 3.8) is 0 Å². The van der Waals surface area contributed by atoms with Gasteiger partial charge in [-0.05, 0) is 36.6 Å². The average Bonchev–Trinajstić information content (AvgIpc) is 2.52. The van der Waals surface area contributed by atoms with Crippen LogP contribution in [0, 0.1) is 0 Å². The maximum Gasteiger partial charge on any atom is 0.0596 e. The normalized spacial score (nSPS) is 19.2. The van der Waals surface area contributed by atoms with Gasteiger partial charge in [0.1, 0.15) is 0 Å². The minimum absolute atomic E-state index is 0. The first-order valence-electron chi connectivity index (χ1n) is 5.99. The molecule has 0 N–H and O–H groups in total. The largest absolute Gasteiger partial charge is 1.00 e. The first-order valence-corrected chi connectivity index (χ1v) is 6.37. The zero-order chi connectivity index (χ0) is 12.6. The summed E-state index contributed by atoms with van der Waals surface area (Å²) >= 11 is 5.94. The number of nitrogens with zero attached hydrogens (tertiary/aromatic N) is 2. The summed E-state index contributed by atoms with van der Waals surface area (Å²) < 4.78 is 0. The number of hydrogen-bond donors (Lipinski definition) is 0. The quantitative estimate of drug-likeness (QED) is 0.699. The molecule has 19 heavy (non-hydrogen) atoms. The Kier molecular flexibility index (Phi) is 7.40. The molecule has 0 aliphatic carbocycles. The van der Waals surface area contributed by atoms with E-state index in [4.69, 9.17) is 11.6 Å². The Hall–Kier alpha value is -0.260. The minimum Gasteiger partial charge on any atom is -1.00 e. The Labute approximate surface area is 139 Å². The molecule has 1 atom stereocenters. The molecule has 108 valence electrons. The van der Waals surface area contributed by atoms with Crippen LogP contribution in [0.2, 0.25) is 5.02 Å². The number of hydrogen-bond acceptors (Lipinski definition) is 2. The Balaban J connectivity index is 0.00000162. The van der Waals surface area contributed by atoms with Crippen molar-refractivity contribution in [3.8, 4) is 0 Å². The molecule has 0 saturated carbocycles. The van der Waals surface area contributed by atoms with Crippen molar-refractivity contribution in [3.05, 3.63) is 40.4 Å². The molecule has 1 aliphatic rings. The Morgan fingerprint density at radius 3 is 2.11 bits per heavy atom.